The van der Waals surface area contributed by atoms with Gasteiger partial charge in [-0.15, -0.1) is 0 Å². The first-order chi connectivity index (χ1) is 11.9. The highest BCUT2D eigenvalue weighted by Gasteiger charge is 2.19. The van der Waals surface area contributed by atoms with E-state index >= 15 is 0 Å². The minimum Gasteiger partial charge on any atom is -0.504 e. The fourth-order valence-electron chi connectivity index (χ4n) is 2.04. The van der Waals surface area contributed by atoms with E-state index in [2.05, 4.69) is 5.32 Å². The summed E-state index contributed by atoms with van der Waals surface area (Å²) < 4.78 is 0. The maximum absolute atomic E-state index is 12.1. The zero-order valence-corrected chi connectivity index (χ0v) is 12.8. The molecule has 8 nitrogen and oxygen atoms in total. The summed E-state index contributed by atoms with van der Waals surface area (Å²) in [6.07, 6.45) is 1.09. The number of hydrogen-bond acceptors (Lipinski definition) is 6. The van der Waals surface area contributed by atoms with Gasteiger partial charge in [-0.1, -0.05) is 30.3 Å². The number of phenolic OH excluding ortho intramolecular Hbond substituents is 2. The molecular weight excluding hydrogens is 326 g/mol. The Kier molecular flexibility index (Phi) is 5.32. The predicted octanol–water partition coefficient (Wildman–Crippen LogP) is 2.23. The second-order valence-electron chi connectivity index (χ2n) is 5.00. The first-order valence-electron chi connectivity index (χ1n) is 7.06. The number of aromatic hydroxyl groups is 2. The Hall–Kier alpha value is -3.86. The van der Waals surface area contributed by atoms with E-state index in [0.29, 0.717) is 0 Å². The lowest BCUT2D eigenvalue weighted by atomic mass is 10.1. The van der Waals surface area contributed by atoms with Crippen molar-refractivity contribution < 1.29 is 19.9 Å². The average molecular weight is 339 g/mol. The maximum Gasteiger partial charge on any atom is 0.315 e. The number of nitrogens with one attached hydrogen (secondary N) is 1. The van der Waals surface area contributed by atoms with Crippen molar-refractivity contribution in [3.05, 3.63) is 69.3 Å². The number of benzene rings is 2. The number of amides is 1. The number of nitrogens with zero attached hydrogens (tertiary/aromatic N) is 2. The summed E-state index contributed by atoms with van der Waals surface area (Å²) in [5.41, 5.74) is -0.150. The van der Waals surface area contributed by atoms with E-state index < -0.39 is 28.0 Å². The van der Waals surface area contributed by atoms with Gasteiger partial charge in [0.1, 0.15) is 11.6 Å². The SMILES string of the molecule is N#C/C(=C\c1cc(O)c(O)c([N+](=O)[O-])c1)C(=O)NCc1ccccc1. The van der Waals surface area contributed by atoms with Crippen molar-refractivity contribution >= 4 is 17.7 Å². The molecule has 0 aliphatic heterocycles. The van der Waals surface area contributed by atoms with Crippen LogP contribution in [0.25, 0.3) is 6.08 Å². The Morgan fingerprint density at radius 1 is 1.28 bits per heavy atom. The van der Waals surface area contributed by atoms with Gasteiger partial charge in [-0.25, -0.2) is 0 Å². The number of nitriles is 1. The molecule has 126 valence electrons. The van der Waals surface area contributed by atoms with Crippen LogP contribution in [0.5, 0.6) is 11.5 Å². The molecule has 25 heavy (non-hydrogen) atoms. The van der Waals surface area contributed by atoms with Gasteiger partial charge in [-0.3, -0.25) is 14.9 Å². The highest BCUT2D eigenvalue weighted by molar-refractivity contribution is 6.01. The second-order valence-corrected chi connectivity index (χ2v) is 5.00. The molecule has 0 bridgehead atoms. The molecule has 3 N–H and O–H groups in total. The smallest absolute Gasteiger partial charge is 0.315 e. The fraction of sp³-hybridized carbons (Fsp3) is 0.0588. The number of nitro benzene ring substituents is 1. The molecule has 0 aliphatic rings. The molecule has 1 amide bonds. The van der Waals surface area contributed by atoms with E-state index in [0.717, 1.165) is 23.8 Å². The highest BCUT2D eigenvalue weighted by Crippen LogP contribution is 2.36. The summed E-state index contributed by atoms with van der Waals surface area (Å²) in [7, 11) is 0. The lowest BCUT2D eigenvalue weighted by Gasteiger charge is -2.05. The third-order valence-corrected chi connectivity index (χ3v) is 3.26. The van der Waals surface area contributed by atoms with Crippen molar-refractivity contribution in [3.8, 4) is 17.6 Å². The molecular formula is C17H13N3O5. The molecule has 0 saturated carbocycles. The molecule has 0 unspecified atom stereocenters. The van der Waals surface area contributed by atoms with Gasteiger partial charge in [0.25, 0.3) is 5.91 Å². The van der Waals surface area contributed by atoms with Gasteiger partial charge in [-0.05, 0) is 23.3 Å². The molecule has 0 fully saturated rings. The van der Waals surface area contributed by atoms with Gasteiger partial charge >= 0.3 is 5.69 Å². The standard InChI is InChI=1S/C17H13N3O5/c18-9-13(17(23)19-10-11-4-2-1-3-5-11)6-12-7-14(20(24)25)16(22)15(21)8-12/h1-8,21-22H,10H2,(H,19,23)/b13-6+. The fourth-order valence-corrected chi connectivity index (χ4v) is 2.04. The number of carbonyl (C=O) groups excluding carboxylic acids is 1. The largest absolute Gasteiger partial charge is 0.504 e. The monoisotopic (exact) mass is 339 g/mol. The van der Waals surface area contributed by atoms with E-state index in [4.69, 9.17) is 5.26 Å². The Labute approximate surface area is 142 Å². The van der Waals surface area contributed by atoms with Crippen LogP contribution in [0.2, 0.25) is 0 Å². The highest BCUT2D eigenvalue weighted by atomic mass is 16.6. The van der Waals surface area contributed by atoms with E-state index in [9.17, 15) is 25.1 Å². The normalized spacial score (nSPS) is 10.8. The molecule has 0 spiro atoms. The Balaban J connectivity index is 2.23. The minimum absolute atomic E-state index is 0.0356. The molecule has 8 heteroatoms. The van der Waals surface area contributed by atoms with Crippen LogP contribution in [-0.2, 0) is 11.3 Å². The summed E-state index contributed by atoms with van der Waals surface area (Å²) in [6, 6.07) is 12.7. The molecule has 0 heterocycles. The van der Waals surface area contributed by atoms with Gasteiger partial charge < -0.3 is 15.5 Å². The maximum atomic E-state index is 12.1. The van der Waals surface area contributed by atoms with Gasteiger partial charge in [-0.2, -0.15) is 5.26 Å². The van der Waals surface area contributed by atoms with Crippen molar-refractivity contribution in [2.75, 3.05) is 0 Å². The van der Waals surface area contributed by atoms with Crippen LogP contribution in [0.3, 0.4) is 0 Å². The minimum atomic E-state index is -0.881. The van der Waals surface area contributed by atoms with Crippen LogP contribution in [-0.4, -0.2) is 21.0 Å². The third kappa shape index (κ3) is 4.33. The van der Waals surface area contributed by atoms with Crippen LogP contribution in [0.4, 0.5) is 5.69 Å². The molecule has 2 rings (SSSR count). The van der Waals surface area contributed by atoms with E-state index in [1.54, 1.807) is 30.3 Å². The summed E-state index contributed by atoms with van der Waals surface area (Å²) in [4.78, 5) is 22.0. The molecule has 2 aromatic carbocycles. The molecule has 0 radical (unpaired) electrons. The van der Waals surface area contributed by atoms with Gasteiger partial charge in [0.05, 0.1) is 4.92 Å². The van der Waals surface area contributed by atoms with Crippen molar-refractivity contribution in [3.63, 3.8) is 0 Å². The second kappa shape index (κ2) is 7.61. The van der Waals surface area contributed by atoms with Gasteiger partial charge in [0.2, 0.25) is 5.75 Å². The van der Waals surface area contributed by atoms with Gasteiger partial charge in [0.15, 0.2) is 5.75 Å². The van der Waals surface area contributed by atoms with E-state index in [1.807, 2.05) is 6.07 Å². The Morgan fingerprint density at radius 3 is 2.56 bits per heavy atom. The number of phenols is 2. The first-order valence-corrected chi connectivity index (χ1v) is 7.06. The average Bonchev–Trinajstić information content (AvgIpc) is 2.61. The van der Waals surface area contributed by atoms with Gasteiger partial charge in [0, 0.05) is 12.6 Å². The summed E-state index contributed by atoms with van der Waals surface area (Å²) in [6.45, 7) is 0.208. The quantitative estimate of drug-likeness (QED) is 0.251. The third-order valence-electron chi connectivity index (χ3n) is 3.26. The van der Waals surface area contributed by atoms with Crippen LogP contribution < -0.4 is 5.32 Å². The predicted molar refractivity (Wildman–Crippen MR) is 88.3 cm³/mol. The summed E-state index contributed by atoms with van der Waals surface area (Å²) in [5.74, 6) is -2.27. The van der Waals surface area contributed by atoms with Crippen LogP contribution >= 0.6 is 0 Å². The zero-order valence-electron chi connectivity index (χ0n) is 12.8. The van der Waals surface area contributed by atoms with Crippen molar-refractivity contribution in [2.24, 2.45) is 0 Å². The zero-order chi connectivity index (χ0) is 18.4. The molecule has 0 aliphatic carbocycles. The van der Waals surface area contributed by atoms with Crippen molar-refractivity contribution in [2.45, 2.75) is 6.54 Å². The van der Waals surface area contributed by atoms with Crippen LogP contribution in [0.15, 0.2) is 48.0 Å². The molecule has 0 atom stereocenters. The Bertz CT molecular complexity index is 885. The van der Waals surface area contributed by atoms with E-state index in [1.165, 1.54) is 0 Å². The summed E-state index contributed by atoms with van der Waals surface area (Å²) >= 11 is 0. The molecule has 2 aromatic rings. The number of hydrogen-bond donors (Lipinski definition) is 3. The molecule has 0 aromatic heterocycles. The number of nitro groups is 1. The van der Waals surface area contributed by atoms with E-state index in [-0.39, 0.29) is 17.7 Å². The lowest BCUT2D eigenvalue weighted by molar-refractivity contribution is -0.386. The van der Waals surface area contributed by atoms with Crippen LogP contribution in [0.1, 0.15) is 11.1 Å². The van der Waals surface area contributed by atoms with Crippen LogP contribution in [0, 0.1) is 21.4 Å². The molecule has 0 saturated heterocycles. The Morgan fingerprint density at radius 2 is 1.96 bits per heavy atom. The lowest BCUT2D eigenvalue weighted by Crippen LogP contribution is -2.23. The number of rotatable bonds is 5. The summed E-state index contributed by atoms with van der Waals surface area (Å²) in [5, 5.41) is 41.5. The van der Waals surface area contributed by atoms with Crippen molar-refractivity contribution in [1.82, 2.24) is 5.32 Å². The topological polar surface area (TPSA) is 136 Å². The first kappa shape index (κ1) is 17.5. The van der Waals surface area contributed by atoms with Crippen molar-refractivity contribution in [1.29, 1.82) is 5.26 Å². The number of carbonyl (C=O) groups is 1.